The maximum atomic E-state index is 14.7. The molecule has 142 valence electrons. The highest BCUT2D eigenvalue weighted by atomic mass is 19.1. The van der Waals surface area contributed by atoms with Gasteiger partial charge in [-0.25, -0.2) is 4.39 Å². The smallest absolute Gasteiger partial charge is 0.269 e. The Kier molecular flexibility index (Phi) is 5.21. The Balaban J connectivity index is 2.07. The number of hydrogen-bond acceptors (Lipinski definition) is 5. The highest BCUT2D eigenvalue weighted by Gasteiger charge is 2.26. The van der Waals surface area contributed by atoms with Gasteiger partial charge in [0, 0.05) is 35.5 Å². The van der Waals surface area contributed by atoms with Gasteiger partial charge in [0.05, 0.1) is 12.8 Å². The fourth-order valence-corrected chi connectivity index (χ4v) is 2.91. The molecule has 3 rings (SSSR count). The number of amides is 1. The number of hydrogen-bond donors (Lipinski definition) is 4. The van der Waals surface area contributed by atoms with Crippen LogP contribution in [-0.2, 0) is 4.79 Å². The molecule has 0 radical (unpaired) electrons. The van der Waals surface area contributed by atoms with Gasteiger partial charge in [0.1, 0.15) is 5.70 Å². The summed E-state index contributed by atoms with van der Waals surface area (Å²) in [6.07, 6.45) is 1.92. The fourth-order valence-electron chi connectivity index (χ4n) is 2.91. The molecule has 0 heterocycles. The summed E-state index contributed by atoms with van der Waals surface area (Å²) in [6, 6.07) is 10.2. The van der Waals surface area contributed by atoms with Crippen molar-refractivity contribution in [2.24, 2.45) is 5.73 Å². The number of halogens is 1. The Bertz CT molecular complexity index is 907. The minimum Gasteiger partial charge on any atom is -0.494 e. The molecule has 7 heteroatoms. The molecule has 6 N–H and O–H groups in total. The number of ether oxygens (including phenoxy) is 1. The molecule has 0 saturated heterocycles. The number of carbonyl (C=O) groups is 1. The lowest BCUT2D eigenvalue weighted by atomic mass is 9.97. The van der Waals surface area contributed by atoms with E-state index in [2.05, 4.69) is 10.6 Å². The highest BCUT2D eigenvalue weighted by molar-refractivity contribution is 6.02. The minimum atomic E-state index is -0.502. The molecule has 1 aliphatic carbocycles. The number of methoxy groups -OCH3 is 1. The summed E-state index contributed by atoms with van der Waals surface area (Å²) in [5.41, 5.74) is 14.5. The normalized spacial score (nSPS) is 14.3. The summed E-state index contributed by atoms with van der Waals surface area (Å²) in [4.78, 5) is 12.3. The summed E-state index contributed by atoms with van der Waals surface area (Å²) >= 11 is 0. The molecule has 1 amide bonds. The van der Waals surface area contributed by atoms with Crippen LogP contribution in [-0.4, -0.2) is 26.1 Å². The van der Waals surface area contributed by atoms with Crippen LogP contribution in [0.1, 0.15) is 18.4 Å². The lowest BCUT2D eigenvalue weighted by Crippen LogP contribution is -2.32. The summed E-state index contributed by atoms with van der Waals surface area (Å²) < 4.78 is 19.7. The van der Waals surface area contributed by atoms with Gasteiger partial charge in [-0.15, -0.1) is 0 Å². The summed E-state index contributed by atoms with van der Waals surface area (Å²) in [6.45, 7) is 0. The second-order valence-corrected chi connectivity index (χ2v) is 6.38. The largest absolute Gasteiger partial charge is 0.494 e. The number of nitrogens with two attached hydrogens (primary N) is 2. The molecule has 0 aromatic heterocycles. The topological polar surface area (TPSA) is 102 Å². The van der Waals surface area contributed by atoms with Crippen molar-refractivity contribution in [2.75, 3.05) is 19.9 Å². The van der Waals surface area contributed by atoms with E-state index in [1.807, 2.05) is 0 Å². The molecule has 0 aliphatic heterocycles. The first-order valence-electron chi connectivity index (χ1n) is 8.68. The number of rotatable bonds is 6. The standard InChI is InChI=1S/C20H23FN4O2/c1-24-19(18(23)20(26)25-11-9-10-11)14-7-3-6-13(17(14)22)12-5-4-8-15(27-2)16(12)21/h3-8,11,24H,9-10,22-23H2,1-2H3,(H,25,26)/b19-18+. The van der Waals surface area contributed by atoms with E-state index in [1.54, 1.807) is 37.4 Å². The zero-order chi connectivity index (χ0) is 19.6. The van der Waals surface area contributed by atoms with Crippen LogP contribution in [0.15, 0.2) is 42.1 Å². The summed E-state index contributed by atoms with van der Waals surface area (Å²) in [5, 5.41) is 5.79. The number of benzene rings is 2. The Hall–Kier alpha value is -3.22. The number of anilines is 1. The number of para-hydroxylation sites is 1. The van der Waals surface area contributed by atoms with Gasteiger partial charge in [0.15, 0.2) is 11.6 Å². The lowest BCUT2D eigenvalue weighted by molar-refractivity contribution is -0.117. The lowest BCUT2D eigenvalue weighted by Gasteiger charge is -2.17. The van der Waals surface area contributed by atoms with Gasteiger partial charge in [-0.05, 0) is 18.9 Å². The highest BCUT2D eigenvalue weighted by Crippen LogP contribution is 2.36. The molecule has 1 fully saturated rings. The molecule has 2 aromatic rings. The SMILES string of the molecule is CN/C(=C(/N)C(=O)NC1CC1)c1cccc(-c2cccc(OC)c2F)c1N. The molecular formula is C20H23FN4O2. The van der Waals surface area contributed by atoms with E-state index in [0.29, 0.717) is 28.1 Å². The van der Waals surface area contributed by atoms with Crippen molar-refractivity contribution in [3.8, 4) is 16.9 Å². The minimum absolute atomic E-state index is 0.0411. The quantitative estimate of drug-likeness (QED) is 0.461. The number of nitrogen functional groups attached to an aromatic ring is 1. The first-order chi connectivity index (χ1) is 13.0. The van der Waals surface area contributed by atoms with E-state index < -0.39 is 5.82 Å². The molecule has 0 unspecified atom stereocenters. The van der Waals surface area contributed by atoms with Gasteiger partial charge < -0.3 is 26.8 Å². The average Bonchev–Trinajstić information content (AvgIpc) is 3.48. The van der Waals surface area contributed by atoms with E-state index in [0.717, 1.165) is 12.8 Å². The summed E-state index contributed by atoms with van der Waals surface area (Å²) in [5.74, 6) is -0.720. The van der Waals surface area contributed by atoms with E-state index in [9.17, 15) is 9.18 Å². The third kappa shape index (κ3) is 3.67. The molecule has 1 aliphatic rings. The van der Waals surface area contributed by atoms with Crippen molar-refractivity contribution in [3.05, 3.63) is 53.5 Å². The van der Waals surface area contributed by atoms with Crippen molar-refractivity contribution in [2.45, 2.75) is 18.9 Å². The Morgan fingerprint density at radius 1 is 1.19 bits per heavy atom. The van der Waals surface area contributed by atoms with Crippen LogP contribution < -0.4 is 26.8 Å². The van der Waals surface area contributed by atoms with Crippen molar-refractivity contribution in [3.63, 3.8) is 0 Å². The van der Waals surface area contributed by atoms with Crippen molar-refractivity contribution in [1.29, 1.82) is 0 Å². The molecular weight excluding hydrogens is 347 g/mol. The zero-order valence-electron chi connectivity index (χ0n) is 15.3. The molecule has 0 bridgehead atoms. The van der Waals surface area contributed by atoms with Gasteiger partial charge in [0.25, 0.3) is 5.91 Å². The van der Waals surface area contributed by atoms with E-state index in [-0.39, 0.29) is 23.4 Å². The van der Waals surface area contributed by atoms with Crippen molar-refractivity contribution >= 4 is 17.3 Å². The first-order valence-corrected chi connectivity index (χ1v) is 8.68. The van der Waals surface area contributed by atoms with Crippen molar-refractivity contribution in [1.82, 2.24) is 10.6 Å². The van der Waals surface area contributed by atoms with Crippen molar-refractivity contribution < 1.29 is 13.9 Å². The second kappa shape index (κ2) is 7.57. The molecule has 0 spiro atoms. The predicted octanol–water partition coefficient (Wildman–Crippen LogP) is 2.21. The van der Waals surface area contributed by atoms with Gasteiger partial charge >= 0.3 is 0 Å². The van der Waals surface area contributed by atoms with Crippen LogP contribution in [0.25, 0.3) is 16.8 Å². The van der Waals surface area contributed by atoms with Crippen LogP contribution in [0.3, 0.4) is 0 Å². The molecule has 2 aromatic carbocycles. The third-order valence-corrected chi connectivity index (χ3v) is 4.53. The Morgan fingerprint density at radius 2 is 1.85 bits per heavy atom. The predicted molar refractivity (Wildman–Crippen MR) is 104 cm³/mol. The Labute approximate surface area is 157 Å². The van der Waals surface area contributed by atoms with Crippen LogP contribution in [0.4, 0.5) is 10.1 Å². The molecule has 6 nitrogen and oxygen atoms in total. The van der Waals surface area contributed by atoms with Crippen LogP contribution in [0.2, 0.25) is 0 Å². The Morgan fingerprint density at radius 3 is 2.48 bits per heavy atom. The molecule has 1 saturated carbocycles. The monoisotopic (exact) mass is 370 g/mol. The maximum Gasteiger partial charge on any atom is 0.269 e. The zero-order valence-corrected chi connectivity index (χ0v) is 15.3. The van der Waals surface area contributed by atoms with Gasteiger partial charge in [-0.3, -0.25) is 4.79 Å². The van der Waals surface area contributed by atoms with Gasteiger partial charge in [0.2, 0.25) is 0 Å². The third-order valence-electron chi connectivity index (χ3n) is 4.53. The maximum absolute atomic E-state index is 14.7. The average molecular weight is 370 g/mol. The van der Waals surface area contributed by atoms with Gasteiger partial charge in [-0.1, -0.05) is 30.3 Å². The first kappa shape index (κ1) is 18.6. The van der Waals surface area contributed by atoms with Crippen LogP contribution in [0, 0.1) is 5.82 Å². The molecule has 0 atom stereocenters. The number of nitrogens with one attached hydrogen (secondary N) is 2. The van der Waals surface area contributed by atoms with E-state index >= 15 is 0 Å². The second-order valence-electron chi connectivity index (χ2n) is 6.38. The molecule has 27 heavy (non-hydrogen) atoms. The van der Waals surface area contributed by atoms with Crippen LogP contribution in [0.5, 0.6) is 5.75 Å². The number of carbonyl (C=O) groups excluding carboxylic acids is 1. The van der Waals surface area contributed by atoms with Crippen LogP contribution >= 0.6 is 0 Å². The van der Waals surface area contributed by atoms with E-state index in [4.69, 9.17) is 16.2 Å². The summed E-state index contributed by atoms with van der Waals surface area (Å²) in [7, 11) is 3.06. The van der Waals surface area contributed by atoms with Gasteiger partial charge in [-0.2, -0.15) is 0 Å². The fraction of sp³-hybridized carbons (Fsp3) is 0.250. The van der Waals surface area contributed by atoms with E-state index in [1.165, 1.54) is 13.2 Å².